The smallest absolute Gasteiger partial charge is 0.416 e. The summed E-state index contributed by atoms with van der Waals surface area (Å²) in [6.45, 7) is 1.30. The zero-order chi connectivity index (χ0) is 30.5. The fourth-order valence-electron chi connectivity index (χ4n) is 4.66. The summed E-state index contributed by atoms with van der Waals surface area (Å²) in [5.41, 5.74) is -2.09. The Labute approximate surface area is 243 Å². The average molecular weight is 615 g/mol. The minimum Gasteiger partial charge on any atom is -0.491 e. The number of aromatic nitrogens is 3. The Morgan fingerprint density at radius 3 is 2.57 bits per heavy atom. The average Bonchev–Trinajstić information content (AvgIpc) is 3.38. The molecule has 214 valence electrons. The fraction of sp³-hybridized carbons (Fsp3) is 0.179. The van der Waals surface area contributed by atoms with Crippen LogP contribution in [-0.2, 0) is 19.8 Å². The second-order valence-corrected chi connectivity index (χ2v) is 10.6. The molecule has 0 atom stereocenters. The van der Waals surface area contributed by atoms with Crippen LogP contribution in [0.2, 0.25) is 5.02 Å². The summed E-state index contributed by atoms with van der Waals surface area (Å²) < 4.78 is 48.8. The Bertz CT molecular complexity index is 2090. The van der Waals surface area contributed by atoms with Crippen LogP contribution in [0, 0.1) is 18.3 Å². The number of hydrogen-bond donors (Lipinski definition) is 1. The van der Waals surface area contributed by atoms with E-state index in [1.165, 1.54) is 28.5 Å². The first-order valence-corrected chi connectivity index (χ1v) is 13.4. The molecular formula is C28H18ClF3N4O5S. The third kappa shape index (κ3) is 4.99. The predicted octanol–water partition coefficient (Wildman–Crippen LogP) is 5.61. The van der Waals surface area contributed by atoms with Crippen LogP contribution in [0.4, 0.5) is 13.2 Å². The van der Waals surface area contributed by atoms with Gasteiger partial charge in [-0.3, -0.25) is 14.2 Å². The maximum atomic E-state index is 13.3. The van der Waals surface area contributed by atoms with E-state index in [1.807, 2.05) is 0 Å². The van der Waals surface area contributed by atoms with E-state index < -0.39 is 34.4 Å². The number of carboxylic acids is 1. The van der Waals surface area contributed by atoms with Crippen LogP contribution in [0.15, 0.2) is 51.5 Å². The van der Waals surface area contributed by atoms with Crippen molar-refractivity contribution < 1.29 is 27.8 Å². The Morgan fingerprint density at radius 1 is 1.17 bits per heavy atom. The van der Waals surface area contributed by atoms with Crippen molar-refractivity contribution in [3.05, 3.63) is 90.2 Å². The van der Waals surface area contributed by atoms with Crippen molar-refractivity contribution in [3.63, 3.8) is 0 Å². The number of hydrogen-bond acceptors (Lipinski definition) is 7. The van der Waals surface area contributed by atoms with Crippen LogP contribution >= 0.6 is 22.9 Å². The highest BCUT2D eigenvalue weighted by Crippen LogP contribution is 2.39. The number of benzene rings is 2. The molecule has 3 aromatic heterocycles. The standard InChI is InChI=1S/C28H18ClF3N4O5S/c1-13-34-20-8-15(28(30,31)32)7-14(10-33)22(20)26(38)36(13)5-6-41-21-4-3-16(29)9-17(21)18-11-35(2)25(37)23-19(27(39)40)12-42-24(18)23/h3-4,7-9,11-12H,5-6H2,1-2H3,(H,39,40). The van der Waals surface area contributed by atoms with E-state index in [-0.39, 0.29) is 40.8 Å². The number of aromatic carboxylic acids is 1. The molecule has 0 saturated carbocycles. The normalized spacial score (nSPS) is 11.6. The van der Waals surface area contributed by atoms with Gasteiger partial charge in [0, 0.05) is 34.8 Å². The van der Waals surface area contributed by atoms with Gasteiger partial charge in [0.05, 0.1) is 44.2 Å². The molecule has 0 radical (unpaired) electrons. The van der Waals surface area contributed by atoms with Gasteiger partial charge in [-0.25, -0.2) is 9.78 Å². The quantitative estimate of drug-likeness (QED) is 0.263. The van der Waals surface area contributed by atoms with Crippen LogP contribution < -0.4 is 15.9 Å². The van der Waals surface area contributed by atoms with Crippen molar-refractivity contribution >= 4 is 49.9 Å². The van der Waals surface area contributed by atoms with E-state index in [0.29, 0.717) is 32.7 Å². The van der Waals surface area contributed by atoms with Gasteiger partial charge in [-0.05, 0) is 37.3 Å². The van der Waals surface area contributed by atoms with Crippen molar-refractivity contribution in [2.24, 2.45) is 7.05 Å². The van der Waals surface area contributed by atoms with Crippen LogP contribution in [-0.4, -0.2) is 31.8 Å². The molecule has 3 heterocycles. The van der Waals surface area contributed by atoms with E-state index in [9.17, 15) is 37.9 Å². The summed E-state index contributed by atoms with van der Waals surface area (Å²) in [5.74, 6) is -0.802. The second-order valence-electron chi connectivity index (χ2n) is 9.25. The molecule has 42 heavy (non-hydrogen) atoms. The van der Waals surface area contributed by atoms with Crippen LogP contribution in [0.3, 0.4) is 0 Å². The zero-order valence-electron chi connectivity index (χ0n) is 21.7. The topological polar surface area (TPSA) is 127 Å². The number of nitriles is 1. The number of aryl methyl sites for hydroxylation is 2. The predicted molar refractivity (Wildman–Crippen MR) is 150 cm³/mol. The van der Waals surface area contributed by atoms with Gasteiger partial charge < -0.3 is 14.4 Å². The molecule has 0 fully saturated rings. The number of alkyl halides is 3. The van der Waals surface area contributed by atoms with Crippen LogP contribution in [0.25, 0.3) is 32.1 Å². The fourth-order valence-corrected chi connectivity index (χ4v) is 5.89. The monoisotopic (exact) mass is 614 g/mol. The third-order valence-corrected chi connectivity index (χ3v) is 7.87. The summed E-state index contributed by atoms with van der Waals surface area (Å²) >= 11 is 7.36. The van der Waals surface area contributed by atoms with Gasteiger partial charge in [0.25, 0.3) is 11.1 Å². The lowest BCUT2D eigenvalue weighted by atomic mass is 10.0. The van der Waals surface area contributed by atoms with E-state index >= 15 is 0 Å². The van der Waals surface area contributed by atoms with E-state index in [2.05, 4.69) is 4.98 Å². The van der Waals surface area contributed by atoms with Crippen molar-refractivity contribution in [1.29, 1.82) is 5.26 Å². The van der Waals surface area contributed by atoms with Gasteiger partial charge in [0.1, 0.15) is 24.3 Å². The first kappa shape index (κ1) is 28.8. The molecule has 5 aromatic rings. The number of carbonyl (C=O) groups is 1. The molecule has 0 aliphatic rings. The van der Waals surface area contributed by atoms with Gasteiger partial charge in [-0.1, -0.05) is 11.6 Å². The lowest BCUT2D eigenvalue weighted by Crippen LogP contribution is -2.27. The molecule has 0 aliphatic heterocycles. The lowest BCUT2D eigenvalue weighted by Gasteiger charge is -2.16. The summed E-state index contributed by atoms with van der Waals surface area (Å²) in [6.07, 6.45) is -3.17. The molecule has 0 unspecified atom stereocenters. The molecule has 0 bridgehead atoms. The van der Waals surface area contributed by atoms with Gasteiger partial charge in [0.2, 0.25) is 0 Å². The molecule has 0 spiro atoms. The van der Waals surface area contributed by atoms with Crippen LogP contribution in [0.5, 0.6) is 5.75 Å². The van der Waals surface area contributed by atoms with E-state index in [0.717, 1.165) is 17.4 Å². The van der Waals surface area contributed by atoms with Gasteiger partial charge in [-0.2, -0.15) is 18.4 Å². The molecule has 0 saturated heterocycles. The highest BCUT2D eigenvalue weighted by atomic mass is 35.5. The van der Waals surface area contributed by atoms with E-state index in [1.54, 1.807) is 30.5 Å². The summed E-state index contributed by atoms with van der Waals surface area (Å²) in [5, 5.41) is 20.6. The Kier molecular flexibility index (Phi) is 7.30. The van der Waals surface area contributed by atoms with Gasteiger partial charge in [0.15, 0.2) is 0 Å². The molecule has 9 nitrogen and oxygen atoms in total. The SMILES string of the molecule is Cc1nc2cc(C(F)(F)F)cc(C#N)c2c(=O)n1CCOc1ccc(Cl)cc1-c1cn(C)c(=O)c2c(C(=O)O)csc12. The largest absolute Gasteiger partial charge is 0.491 e. The maximum Gasteiger partial charge on any atom is 0.416 e. The number of thiophene rings is 1. The second kappa shape index (κ2) is 10.6. The molecule has 14 heteroatoms. The van der Waals surface area contributed by atoms with Crippen molar-refractivity contribution in [3.8, 4) is 22.9 Å². The molecule has 0 amide bonds. The third-order valence-electron chi connectivity index (χ3n) is 6.62. The number of fused-ring (bicyclic) bond motifs is 2. The Morgan fingerprint density at radius 2 is 1.90 bits per heavy atom. The van der Waals surface area contributed by atoms with Crippen molar-refractivity contribution in [1.82, 2.24) is 14.1 Å². The summed E-state index contributed by atoms with van der Waals surface area (Å²) in [4.78, 5) is 41.9. The number of nitrogens with zero attached hydrogens (tertiary/aromatic N) is 4. The summed E-state index contributed by atoms with van der Waals surface area (Å²) in [6, 6.07) is 7.77. The summed E-state index contributed by atoms with van der Waals surface area (Å²) in [7, 11) is 1.49. The maximum absolute atomic E-state index is 13.3. The Hall–Kier alpha value is -4.67. The first-order chi connectivity index (χ1) is 19.8. The Balaban J connectivity index is 1.53. The van der Waals surface area contributed by atoms with E-state index in [4.69, 9.17) is 16.3 Å². The molecule has 2 aromatic carbocycles. The minimum atomic E-state index is -4.72. The number of rotatable bonds is 6. The highest BCUT2D eigenvalue weighted by Gasteiger charge is 2.32. The molecule has 0 aliphatic carbocycles. The number of carboxylic acid groups (broad SMARTS) is 1. The zero-order valence-corrected chi connectivity index (χ0v) is 23.3. The first-order valence-electron chi connectivity index (χ1n) is 12.1. The van der Waals surface area contributed by atoms with Crippen molar-refractivity contribution in [2.45, 2.75) is 19.6 Å². The lowest BCUT2D eigenvalue weighted by molar-refractivity contribution is -0.137. The number of pyridine rings is 1. The van der Waals surface area contributed by atoms with Crippen LogP contribution in [0.1, 0.15) is 27.3 Å². The van der Waals surface area contributed by atoms with Crippen molar-refractivity contribution in [2.75, 3.05) is 6.61 Å². The molecular weight excluding hydrogens is 597 g/mol. The highest BCUT2D eigenvalue weighted by molar-refractivity contribution is 7.18. The van der Waals surface area contributed by atoms with Gasteiger partial charge >= 0.3 is 12.1 Å². The number of ether oxygens (including phenoxy) is 1. The number of halogens is 4. The minimum absolute atomic E-state index is 0.0461. The van der Waals surface area contributed by atoms with Gasteiger partial charge in [-0.15, -0.1) is 11.3 Å². The molecule has 5 rings (SSSR count). The molecule has 1 N–H and O–H groups in total.